The molecule has 3 aromatic rings. The zero-order chi connectivity index (χ0) is 16.9. The lowest BCUT2D eigenvalue weighted by Gasteiger charge is -2.30. The molecule has 0 amide bonds. The summed E-state index contributed by atoms with van der Waals surface area (Å²) < 4.78 is 26.1. The van der Waals surface area contributed by atoms with Crippen molar-refractivity contribution in [2.45, 2.75) is 17.9 Å². The molecule has 1 aliphatic heterocycles. The predicted molar refractivity (Wildman–Crippen MR) is 92.6 cm³/mol. The van der Waals surface area contributed by atoms with Gasteiger partial charge in [-0.1, -0.05) is 0 Å². The number of anilines is 1. The van der Waals surface area contributed by atoms with Crippen molar-refractivity contribution in [3.8, 4) is 0 Å². The van der Waals surface area contributed by atoms with Crippen LogP contribution in [0.1, 0.15) is 16.6 Å². The normalized spacial score (nSPS) is 20.0. The van der Waals surface area contributed by atoms with E-state index in [1.54, 1.807) is 18.5 Å². The zero-order valence-electron chi connectivity index (χ0n) is 13.1. The third-order valence-electron chi connectivity index (χ3n) is 4.03. The van der Waals surface area contributed by atoms with Crippen molar-refractivity contribution < 1.29 is 8.42 Å². The number of hydrogen-bond acceptors (Lipinski definition) is 7. The lowest BCUT2D eigenvalue weighted by atomic mass is 10.2. The molecule has 3 aromatic heterocycles. The summed E-state index contributed by atoms with van der Waals surface area (Å²) in [5, 5.41) is 5.15. The number of hydrogen-bond donors (Lipinski definition) is 1. The minimum atomic E-state index is -3.40. The van der Waals surface area contributed by atoms with Gasteiger partial charge in [0.05, 0.1) is 16.5 Å². The van der Waals surface area contributed by atoms with Crippen LogP contribution in [0.4, 0.5) is 5.82 Å². The third-order valence-corrected chi connectivity index (χ3v) is 7.08. The Morgan fingerprint density at radius 2 is 2.12 bits per heavy atom. The van der Waals surface area contributed by atoms with E-state index in [4.69, 9.17) is 0 Å². The average molecular weight is 361 g/mol. The molecule has 9 heteroatoms. The maximum absolute atomic E-state index is 12.4. The Morgan fingerprint density at radius 3 is 2.96 bits per heavy atom. The summed E-state index contributed by atoms with van der Waals surface area (Å²) in [7, 11) is -1.81. The van der Waals surface area contributed by atoms with Gasteiger partial charge in [-0.2, -0.15) is 4.31 Å². The molecule has 0 bridgehead atoms. The highest BCUT2D eigenvalue weighted by Crippen LogP contribution is 2.37. The van der Waals surface area contributed by atoms with Crippen molar-refractivity contribution in [3.63, 3.8) is 0 Å². The lowest BCUT2D eigenvalue weighted by molar-refractivity contribution is 0.434. The second-order valence-corrected chi connectivity index (χ2v) is 8.64. The molecule has 0 saturated heterocycles. The topological polar surface area (TPSA) is 88.1 Å². The van der Waals surface area contributed by atoms with Gasteiger partial charge >= 0.3 is 0 Å². The Kier molecular flexibility index (Phi) is 3.52. The number of aromatic nitrogens is 3. The molecule has 0 aliphatic carbocycles. The van der Waals surface area contributed by atoms with Crippen molar-refractivity contribution in [1.82, 2.24) is 19.3 Å². The van der Waals surface area contributed by atoms with Crippen molar-refractivity contribution in [2.75, 3.05) is 18.9 Å². The molecule has 1 aliphatic rings. The van der Waals surface area contributed by atoms with Gasteiger partial charge in [0.25, 0.3) is 0 Å². The molecule has 24 heavy (non-hydrogen) atoms. The molecule has 1 atom stereocenters. The number of rotatable bonds is 2. The second-order valence-electron chi connectivity index (χ2n) is 5.67. The van der Waals surface area contributed by atoms with Crippen LogP contribution >= 0.6 is 11.3 Å². The fraction of sp³-hybridized carbons (Fsp3) is 0.267. The standard InChI is InChI=1S/C15H15N5O2S2/c1-9-3-4-10-13(18-9)15(17-8-16-10)19-11-7-20(2)24(21,22)12-5-6-23-14(11)12/h3-6,8,11H,7H2,1-2H3,(H,16,17,19). The van der Waals surface area contributed by atoms with Crippen molar-refractivity contribution in [3.05, 3.63) is 40.5 Å². The van der Waals surface area contributed by atoms with Gasteiger partial charge in [-0.25, -0.2) is 23.4 Å². The van der Waals surface area contributed by atoms with Crippen LogP contribution in [0.3, 0.4) is 0 Å². The van der Waals surface area contributed by atoms with Crippen molar-refractivity contribution in [1.29, 1.82) is 0 Å². The summed E-state index contributed by atoms with van der Waals surface area (Å²) >= 11 is 1.43. The number of nitrogens with one attached hydrogen (secondary N) is 1. The Morgan fingerprint density at radius 1 is 1.29 bits per heavy atom. The Balaban J connectivity index is 1.79. The SMILES string of the molecule is Cc1ccc2ncnc(NC3CN(C)S(=O)(=O)c4ccsc43)c2n1. The molecular formula is C15H15N5O2S2. The van der Waals surface area contributed by atoms with E-state index < -0.39 is 10.0 Å². The summed E-state index contributed by atoms with van der Waals surface area (Å²) in [5.74, 6) is 0.612. The van der Waals surface area contributed by atoms with E-state index in [0.717, 1.165) is 16.1 Å². The quantitative estimate of drug-likeness (QED) is 0.753. The number of thiophene rings is 1. The third kappa shape index (κ3) is 2.36. The van der Waals surface area contributed by atoms with Crippen LogP contribution in [0.5, 0.6) is 0 Å². The fourth-order valence-corrected chi connectivity index (χ4v) is 5.50. The van der Waals surface area contributed by atoms with E-state index in [9.17, 15) is 8.42 Å². The highest BCUT2D eigenvalue weighted by atomic mass is 32.2. The maximum Gasteiger partial charge on any atom is 0.244 e. The summed E-state index contributed by atoms with van der Waals surface area (Å²) in [4.78, 5) is 14.2. The Bertz CT molecular complexity index is 1030. The fourth-order valence-electron chi connectivity index (χ4n) is 2.80. The van der Waals surface area contributed by atoms with Gasteiger partial charge in [0.15, 0.2) is 5.82 Å². The van der Waals surface area contributed by atoms with Crippen molar-refractivity contribution in [2.24, 2.45) is 0 Å². The molecule has 1 unspecified atom stereocenters. The predicted octanol–water partition coefficient (Wildman–Crippen LogP) is 2.18. The van der Waals surface area contributed by atoms with E-state index in [0.29, 0.717) is 22.8 Å². The summed E-state index contributed by atoms with van der Waals surface area (Å²) in [6, 6.07) is 5.28. The molecule has 124 valence electrons. The first-order chi connectivity index (χ1) is 11.5. The highest BCUT2D eigenvalue weighted by Gasteiger charge is 2.36. The Labute approximate surface area is 143 Å². The summed E-state index contributed by atoms with van der Waals surface area (Å²) in [5.41, 5.74) is 2.31. The molecule has 0 fully saturated rings. The molecule has 0 aromatic carbocycles. The van der Waals surface area contributed by atoms with Gasteiger partial charge < -0.3 is 5.32 Å². The molecule has 7 nitrogen and oxygen atoms in total. The zero-order valence-corrected chi connectivity index (χ0v) is 14.7. The largest absolute Gasteiger partial charge is 0.359 e. The maximum atomic E-state index is 12.4. The highest BCUT2D eigenvalue weighted by molar-refractivity contribution is 7.89. The number of nitrogens with zero attached hydrogens (tertiary/aromatic N) is 4. The van der Waals surface area contributed by atoms with Crippen LogP contribution in [0, 0.1) is 6.92 Å². The summed E-state index contributed by atoms with van der Waals surface area (Å²) in [6.07, 6.45) is 1.49. The van der Waals surface area contributed by atoms with Crippen LogP contribution < -0.4 is 5.32 Å². The van der Waals surface area contributed by atoms with Crippen LogP contribution in [-0.2, 0) is 10.0 Å². The minimum absolute atomic E-state index is 0.172. The van der Waals surface area contributed by atoms with Crippen molar-refractivity contribution >= 4 is 38.2 Å². The lowest BCUT2D eigenvalue weighted by Crippen LogP contribution is -2.38. The smallest absolute Gasteiger partial charge is 0.244 e. The van der Waals surface area contributed by atoms with E-state index >= 15 is 0 Å². The molecule has 0 saturated carbocycles. The van der Waals surface area contributed by atoms with Gasteiger partial charge in [-0.15, -0.1) is 11.3 Å². The number of fused-ring (bicyclic) bond motifs is 2. The van der Waals surface area contributed by atoms with Gasteiger partial charge in [0, 0.05) is 24.2 Å². The van der Waals surface area contributed by atoms with E-state index in [1.807, 2.05) is 19.1 Å². The van der Waals surface area contributed by atoms with Gasteiger partial charge in [0.2, 0.25) is 10.0 Å². The first-order valence-corrected chi connectivity index (χ1v) is 9.67. The van der Waals surface area contributed by atoms with Crippen LogP contribution in [0.2, 0.25) is 0 Å². The minimum Gasteiger partial charge on any atom is -0.359 e. The number of sulfonamides is 1. The number of aryl methyl sites for hydroxylation is 1. The number of pyridine rings is 1. The van der Waals surface area contributed by atoms with Gasteiger partial charge in [0.1, 0.15) is 11.8 Å². The van der Waals surface area contributed by atoms with E-state index in [2.05, 4.69) is 20.3 Å². The van der Waals surface area contributed by atoms with Gasteiger partial charge in [-0.05, 0) is 30.5 Å². The van der Waals surface area contributed by atoms with Gasteiger partial charge in [-0.3, -0.25) is 0 Å². The van der Waals surface area contributed by atoms with Crippen LogP contribution in [0.15, 0.2) is 34.8 Å². The first kappa shape index (κ1) is 15.4. The second kappa shape index (κ2) is 5.47. The van der Waals surface area contributed by atoms with Crippen LogP contribution in [-0.4, -0.2) is 41.3 Å². The average Bonchev–Trinajstić information content (AvgIpc) is 3.04. The monoisotopic (exact) mass is 361 g/mol. The molecule has 0 radical (unpaired) electrons. The molecule has 0 spiro atoms. The Hall–Kier alpha value is -2.10. The van der Waals surface area contributed by atoms with E-state index in [-0.39, 0.29) is 6.04 Å². The molecular weight excluding hydrogens is 346 g/mol. The molecule has 1 N–H and O–H groups in total. The molecule has 4 heterocycles. The number of likely N-dealkylation sites (N-methyl/N-ethyl adjacent to an activating group) is 1. The molecule has 4 rings (SSSR count). The summed E-state index contributed by atoms with van der Waals surface area (Å²) in [6.45, 7) is 2.25. The van der Waals surface area contributed by atoms with Crippen LogP contribution in [0.25, 0.3) is 11.0 Å². The van der Waals surface area contributed by atoms with E-state index in [1.165, 1.54) is 22.0 Å². The first-order valence-electron chi connectivity index (χ1n) is 7.35.